The summed E-state index contributed by atoms with van der Waals surface area (Å²) in [7, 11) is 0. The molecule has 1 heterocycles. The maximum absolute atomic E-state index is 12.3. The van der Waals surface area contributed by atoms with Crippen molar-refractivity contribution in [2.24, 2.45) is 0 Å². The van der Waals surface area contributed by atoms with E-state index >= 15 is 0 Å². The lowest BCUT2D eigenvalue weighted by molar-refractivity contribution is -0.122. The Morgan fingerprint density at radius 3 is 2.84 bits per heavy atom. The molecule has 1 amide bonds. The van der Waals surface area contributed by atoms with Crippen LogP contribution in [0.3, 0.4) is 0 Å². The van der Waals surface area contributed by atoms with Crippen LogP contribution in [0.4, 0.5) is 0 Å². The highest BCUT2D eigenvalue weighted by Crippen LogP contribution is 2.17. The van der Waals surface area contributed by atoms with Crippen molar-refractivity contribution in [3.05, 3.63) is 69.5 Å². The van der Waals surface area contributed by atoms with Gasteiger partial charge in [-0.25, -0.2) is 4.68 Å². The molecule has 6 nitrogen and oxygen atoms in total. The van der Waals surface area contributed by atoms with Crippen LogP contribution in [0.1, 0.15) is 24.9 Å². The van der Waals surface area contributed by atoms with E-state index in [2.05, 4.69) is 15.6 Å². The minimum atomic E-state index is -0.249. The zero-order valence-electron chi connectivity index (χ0n) is 13.6. The number of aryl methyl sites for hydroxylation is 1. The van der Waals surface area contributed by atoms with Gasteiger partial charge in [0.25, 0.3) is 5.56 Å². The summed E-state index contributed by atoms with van der Waals surface area (Å²) in [6.45, 7) is 2.05. The number of carbonyl (C=O) groups is 1. The first-order valence-electron chi connectivity index (χ1n) is 7.92. The highest BCUT2D eigenvalue weighted by molar-refractivity contribution is 6.30. The van der Waals surface area contributed by atoms with Crippen molar-refractivity contribution >= 4 is 28.4 Å². The molecule has 1 atom stereocenters. The van der Waals surface area contributed by atoms with Gasteiger partial charge in [-0.1, -0.05) is 41.1 Å². The van der Waals surface area contributed by atoms with Gasteiger partial charge in [-0.2, -0.15) is 0 Å². The van der Waals surface area contributed by atoms with E-state index < -0.39 is 0 Å². The first kappa shape index (κ1) is 17.1. The average Bonchev–Trinajstić information content (AvgIpc) is 2.61. The Morgan fingerprint density at radius 1 is 1.24 bits per heavy atom. The first-order valence-corrected chi connectivity index (χ1v) is 8.30. The quantitative estimate of drug-likeness (QED) is 0.762. The van der Waals surface area contributed by atoms with E-state index in [0.717, 1.165) is 5.56 Å². The Hall–Kier alpha value is -2.73. The number of carbonyl (C=O) groups excluding carboxylic acids is 1. The summed E-state index contributed by atoms with van der Waals surface area (Å²) < 4.78 is 1.21. The third-order valence-corrected chi connectivity index (χ3v) is 4.14. The SMILES string of the molecule is CC(NC(=O)CCn1nnc2ccccc2c1=O)c1cccc(Cl)c1. The fourth-order valence-corrected chi connectivity index (χ4v) is 2.75. The number of nitrogens with one attached hydrogen (secondary N) is 1. The summed E-state index contributed by atoms with van der Waals surface area (Å²) in [5.74, 6) is -0.172. The van der Waals surface area contributed by atoms with Crippen LogP contribution in [-0.2, 0) is 11.3 Å². The van der Waals surface area contributed by atoms with Gasteiger partial charge in [0.15, 0.2) is 0 Å². The summed E-state index contributed by atoms with van der Waals surface area (Å²) >= 11 is 5.97. The Balaban J connectivity index is 1.64. The van der Waals surface area contributed by atoms with Crippen LogP contribution >= 0.6 is 11.6 Å². The molecular weight excluding hydrogens is 340 g/mol. The Kier molecular flexibility index (Phi) is 5.09. The van der Waals surface area contributed by atoms with E-state index in [9.17, 15) is 9.59 Å². The molecule has 2 aromatic carbocycles. The van der Waals surface area contributed by atoms with E-state index in [1.807, 2.05) is 25.1 Å². The standard InChI is InChI=1S/C18H17ClN4O2/c1-12(13-5-4-6-14(19)11-13)20-17(24)9-10-23-18(25)15-7-2-3-8-16(15)21-22-23/h2-8,11-12H,9-10H2,1H3,(H,20,24). The van der Waals surface area contributed by atoms with E-state index in [-0.39, 0.29) is 30.5 Å². The van der Waals surface area contributed by atoms with Crippen LogP contribution in [0, 0.1) is 0 Å². The van der Waals surface area contributed by atoms with Crippen molar-refractivity contribution in [3.8, 4) is 0 Å². The van der Waals surface area contributed by atoms with Crippen LogP contribution in [0.2, 0.25) is 5.02 Å². The predicted octanol–water partition coefficient (Wildman–Crippen LogP) is 2.71. The molecule has 0 spiro atoms. The minimum absolute atomic E-state index is 0.137. The monoisotopic (exact) mass is 356 g/mol. The zero-order chi connectivity index (χ0) is 17.8. The first-order chi connectivity index (χ1) is 12.0. The molecule has 0 fully saturated rings. The fraction of sp³-hybridized carbons (Fsp3) is 0.222. The zero-order valence-corrected chi connectivity index (χ0v) is 14.4. The highest BCUT2D eigenvalue weighted by atomic mass is 35.5. The van der Waals surface area contributed by atoms with Gasteiger partial charge in [0.2, 0.25) is 5.91 Å². The minimum Gasteiger partial charge on any atom is -0.350 e. The maximum Gasteiger partial charge on any atom is 0.277 e. The third kappa shape index (κ3) is 4.03. The number of nitrogens with zero attached hydrogens (tertiary/aromatic N) is 3. The summed E-state index contributed by atoms with van der Waals surface area (Å²) in [6, 6.07) is 14.2. The largest absolute Gasteiger partial charge is 0.350 e. The van der Waals surface area contributed by atoms with Crippen LogP contribution < -0.4 is 10.9 Å². The lowest BCUT2D eigenvalue weighted by atomic mass is 10.1. The second-order valence-electron chi connectivity index (χ2n) is 5.73. The molecular formula is C18H17ClN4O2. The molecule has 0 aliphatic carbocycles. The van der Waals surface area contributed by atoms with Gasteiger partial charge >= 0.3 is 0 Å². The summed E-state index contributed by atoms with van der Waals surface area (Å²) in [5, 5.41) is 11.9. The number of rotatable bonds is 5. The second kappa shape index (κ2) is 7.44. The van der Waals surface area contributed by atoms with Gasteiger partial charge in [0, 0.05) is 11.4 Å². The number of fused-ring (bicyclic) bond motifs is 1. The molecule has 0 radical (unpaired) electrons. The number of benzene rings is 2. The van der Waals surface area contributed by atoms with Gasteiger partial charge in [0.05, 0.1) is 18.0 Å². The molecule has 0 aliphatic rings. The smallest absolute Gasteiger partial charge is 0.277 e. The van der Waals surface area contributed by atoms with Crippen molar-refractivity contribution in [2.75, 3.05) is 0 Å². The second-order valence-corrected chi connectivity index (χ2v) is 6.17. The fourth-order valence-electron chi connectivity index (χ4n) is 2.55. The highest BCUT2D eigenvalue weighted by Gasteiger charge is 2.11. The van der Waals surface area contributed by atoms with Crippen LogP contribution in [0.15, 0.2) is 53.3 Å². The van der Waals surface area contributed by atoms with Crippen molar-refractivity contribution in [2.45, 2.75) is 25.9 Å². The topological polar surface area (TPSA) is 76.9 Å². The molecule has 128 valence electrons. The van der Waals surface area contributed by atoms with Gasteiger partial charge < -0.3 is 5.32 Å². The lowest BCUT2D eigenvalue weighted by Gasteiger charge is -2.14. The number of hydrogen-bond donors (Lipinski definition) is 1. The van der Waals surface area contributed by atoms with Crippen molar-refractivity contribution < 1.29 is 4.79 Å². The normalized spacial score (nSPS) is 12.1. The lowest BCUT2D eigenvalue weighted by Crippen LogP contribution is -2.30. The third-order valence-electron chi connectivity index (χ3n) is 3.91. The number of hydrogen-bond acceptors (Lipinski definition) is 4. The molecule has 3 rings (SSSR count). The Morgan fingerprint density at radius 2 is 2.04 bits per heavy atom. The summed E-state index contributed by atoms with van der Waals surface area (Å²) in [4.78, 5) is 24.5. The Bertz CT molecular complexity index is 970. The number of amides is 1. The van der Waals surface area contributed by atoms with E-state index in [1.54, 1.807) is 30.3 Å². The molecule has 1 unspecified atom stereocenters. The molecule has 1 N–H and O–H groups in total. The molecule has 1 aromatic heterocycles. The molecule has 0 aliphatic heterocycles. The maximum atomic E-state index is 12.3. The van der Waals surface area contributed by atoms with Crippen molar-refractivity contribution in [1.82, 2.24) is 20.3 Å². The number of aromatic nitrogens is 3. The van der Waals surface area contributed by atoms with Gasteiger partial charge in [-0.05, 0) is 36.8 Å². The van der Waals surface area contributed by atoms with Gasteiger partial charge in [-0.3, -0.25) is 9.59 Å². The Labute approximate surface area is 149 Å². The van der Waals surface area contributed by atoms with Crippen LogP contribution in [0.5, 0.6) is 0 Å². The molecule has 25 heavy (non-hydrogen) atoms. The molecule has 0 bridgehead atoms. The van der Waals surface area contributed by atoms with E-state index in [0.29, 0.717) is 15.9 Å². The molecule has 0 saturated heterocycles. The molecule has 3 aromatic rings. The van der Waals surface area contributed by atoms with E-state index in [1.165, 1.54) is 4.68 Å². The van der Waals surface area contributed by atoms with Crippen LogP contribution in [0.25, 0.3) is 10.9 Å². The van der Waals surface area contributed by atoms with E-state index in [4.69, 9.17) is 11.6 Å². The van der Waals surface area contributed by atoms with Gasteiger partial charge in [-0.15, -0.1) is 5.10 Å². The summed E-state index contributed by atoms with van der Waals surface area (Å²) in [5.41, 5.74) is 1.22. The van der Waals surface area contributed by atoms with Gasteiger partial charge in [0.1, 0.15) is 5.52 Å². The summed E-state index contributed by atoms with van der Waals surface area (Å²) in [6.07, 6.45) is 0.137. The van der Waals surface area contributed by atoms with Crippen molar-refractivity contribution in [3.63, 3.8) is 0 Å². The predicted molar refractivity (Wildman–Crippen MR) is 96.4 cm³/mol. The number of halogens is 1. The molecule has 0 saturated carbocycles. The van der Waals surface area contributed by atoms with Crippen LogP contribution in [-0.4, -0.2) is 20.9 Å². The van der Waals surface area contributed by atoms with Crippen molar-refractivity contribution in [1.29, 1.82) is 0 Å². The average molecular weight is 357 g/mol. The molecule has 7 heteroatoms.